The number of hydrogen-bond acceptors (Lipinski definition) is 4. The number of phenolic OH excluding ortho intramolecular Hbond substituents is 1. The molecule has 0 saturated carbocycles. The van der Waals surface area contributed by atoms with Crippen LogP contribution in [-0.2, 0) is 4.75 Å². The number of aromatic hydroxyl groups is 1. The molecule has 0 aromatic heterocycles. The first-order chi connectivity index (χ1) is 9.01. The monoisotopic (exact) mass is 273 g/mol. The Hall–Kier alpha value is -1.81. The molecule has 0 aliphatic rings. The molecular weight excluding hydrogens is 258 g/mol. The van der Waals surface area contributed by atoms with E-state index in [1.807, 2.05) is 24.3 Å². The average molecular weight is 273 g/mol. The average Bonchev–Trinajstić information content (AvgIpc) is 2.40. The Kier molecular flexibility index (Phi) is 3.90. The summed E-state index contributed by atoms with van der Waals surface area (Å²) in [7, 11) is 0. The zero-order valence-electron chi connectivity index (χ0n) is 10.8. The van der Waals surface area contributed by atoms with Gasteiger partial charge in [0.1, 0.15) is 11.4 Å². The van der Waals surface area contributed by atoms with Crippen LogP contribution in [0.3, 0.4) is 0 Å². The van der Waals surface area contributed by atoms with Gasteiger partial charge < -0.3 is 5.11 Å². The molecule has 3 nitrogen and oxygen atoms in total. The molecular formula is C15H15NO2S. The highest BCUT2D eigenvalue weighted by Crippen LogP contribution is 2.41. The number of hydrogen-bond donors (Lipinski definition) is 1. The molecule has 0 unspecified atom stereocenters. The molecule has 2 rings (SSSR count). The van der Waals surface area contributed by atoms with Gasteiger partial charge in [-0.1, -0.05) is 12.1 Å². The summed E-state index contributed by atoms with van der Waals surface area (Å²) in [5.41, 5.74) is 1.57. The minimum Gasteiger partial charge on any atom is -0.508 e. The lowest BCUT2D eigenvalue weighted by Gasteiger charge is -2.24. The molecule has 2 aromatic carbocycles. The van der Waals surface area contributed by atoms with Crippen molar-refractivity contribution < 1.29 is 5.11 Å². The van der Waals surface area contributed by atoms with E-state index in [-0.39, 0.29) is 10.5 Å². The van der Waals surface area contributed by atoms with Gasteiger partial charge in [-0.05, 0) is 61.0 Å². The molecule has 0 amide bonds. The fourth-order valence-electron chi connectivity index (χ4n) is 1.79. The number of thioether (sulfide) groups is 1. The number of rotatable bonds is 4. The van der Waals surface area contributed by atoms with E-state index in [9.17, 15) is 10.0 Å². The van der Waals surface area contributed by atoms with Gasteiger partial charge >= 0.3 is 0 Å². The second-order valence-electron chi connectivity index (χ2n) is 4.74. The fraction of sp³-hybridized carbons (Fsp3) is 0.200. The van der Waals surface area contributed by atoms with E-state index in [0.29, 0.717) is 5.69 Å². The molecule has 98 valence electrons. The van der Waals surface area contributed by atoms with Gasteiger partial charge in [0.25, 0.3) is 0 Å². The van der Waals surface area contributed by atoms with Crippen LogP contribution in [0.25, 0.3) is 0 Å². The third-order valence-corrected chi connectivity index (χ3v) is 4.13. The van der Waals surface area contributed by atoms with Crippen molar-refractivity contribution in [1.82, 2.24) is 0 Å². The maximum Gasteiger partial charge on any atom is 0.115 e. The first kappa shape index (κ1) is 13.6. The van der Waals surface area contributed by atoms with Crippen molar-refractivity contribution >= 4 is 17.4 Å². The van der Waals surface area contributed by atoms with Crippen LogP contribution in [0.1, 0.15) is 19.4 Å². The Morgan fingerprint density at radius 3 is 2.11 bits per heavy atom. The normalized spacial score (nSPS) is 11.3. The van der Waals surface area contributed by atoms with E-state index >= 15 is 0 Å². The molecule has 0 heterocycles. The van der Waals surface area contributed by atoms with Crippen LogP contribution in [-0.4, -0.2) is 5.11 Å². The van der Waals surface area contributed by atoms with Crippen LogP contribution < -0.4 is 0 Å². The maximum atomic E-state index is 10.4. The summed E-state index contributed by atoms with van der Waals surface area (Å²) in [6.45, 7) is 4.24. The molecule has 4 heteroatoms. The van der Waals surface area contributed by atoms with E-state index in [1.165, 1.54) is 0 Å². The molecule has 0 bridgehead atoms. The van der Waals surface area contributed by atoms with E-state index in [0.717, 1.165) is 10.5 Å². The summed E-state index contributed by atoms with van der Waals surface area (Å²) in [6, 6.07) is 14.4. The quantitative estimate of drug-likeness (QED) is 0.642. The van der Waals surface area contributed by atoms with Crippen LogP contribution in [0, 0.1) is 4.91 Å². The van der Waals surface area contributed by atoms with Crippen molar-refractivity contribution in [2.75, 3.05) is 0 Å². The van der Waals surface area contributed by atoms with Crippen LogP contribution in [0.15, 0.2) is 58.6 Å². The van der Waals surface area contributed by atoms with Crippen LogP contribution in [0.4, 0.5) is 5.69 Å². The third kappa shape index (κ3) is 3.35. The summed E-state index contributed by atoms with van der Waals surface area (Å²) in [5, 5.41) is 12.2. The van der Waals surface area contributed by atoms with E-state index in [2.05, 4.69) is 19.0 Å². The molecule has 1 N–H and O–H groups in total. The highest BCUT2D eigenvalue weighted by atomic mass is 32.2. The third-order valence-electron chi connectivity index (χ3n) is 2.88. The lowest BCUT2D eigenvalue weighted by atomic mass is 10.0. The first-order valence-electron chi connectivity index (χ1n) is 5.93. The molecule has 0 aliphatic heterocycles. The second kappa shape index (κ2) is 5.45. The van der Waals surface area contributed by atoms with E-state index < -0.39 is 0 Å². The molecule has 0 atom stereocenters. The number of benzene rings is 2. The molecule has 19 heavy (non-hydrogen) atoms. The van der Waals surface area contributed by atoms with Crippen molar-refractivity contribution in [1.29, 1.82) is 0 Å². The summed E-state index contributed by atoms with van der Waals surface area (Å²) in [6.07, 6.45) is 0. The van der Waals surface area contributed by atoms with Gasteiger partial charge in [0, 0.05) is 9.64 Å². The molecule has 0 radical (unpaired) electrons. The summed E-state index contributed by atoms with van der Waals surface area (Å²) in [5.74, 6) is 0.269. The Labute approximate surface area is 116 Å². The SMILES string of the molecule is CC(C)(Sc1ccc(N=O)cc1)c1ccc(O)cc1. The highest BCUT2D eigenvalue weighted by molar-refractivity contribution is 8.00. The molecule has 0 aliphatic carbocycles. The standard InChI is InChI=1S/C15H15NO2S/c1-15(2,11-3-7-13(17)8-4-11)19-14-9-5-12(16-18)6-10-14/h3-10,17H,1-2H3. The van der Waals surface area contributed by atoms with Crippen molar-refractivity contribution in [2.24, 2.45) is 5.18 Å². The fourth-order valence-corrected chi connectivity index (χ4v) is 2.91. The van der Waals surface area contributed by atoms with E-state index in [4.69, 9.17) is 0 Å². The zero-order chi connectivity index (χ0) is 13.9. The smallest absolute Gasteiger partial charge is 0.115 e. The first-order valence-corrected chi connectivity index (χ1v) is 6.75. The second-order valence-corrected chi connectivity index (χ2v) is 6.44. The predicted octanol–water partition coefficient (Wildman–Crippen LogP) is 4.82. The largest absolute Gasteiger partial charge is 0.508 e. The lowest BCUT2D eigenvalue weighted by Crippen LogP contribution is -2.11. The summed E-state index contributed by atoms with van der Waals surface area (Å²) < 4.78 is -0.121. The Morgan fingerprint density at radius 2 is 1.58 bits per heavy atom. The summed E-state index contributed by atoms with van der Waals surface area (Å²) in [4.78, 5) is 11.5. The van der Waals surface area contributed by atoms with Crippen molar-refractivity contribution in [3.8, 4) is 5.75 Å². The maximum absolute atomic E-state index is 10.4. The van der Waals surface area contributed by atoms with Crippen molar-refractivity contribution in [3.63, 3.8) is 0 Å². The van der Waals surface area contributed by atoms with Gasteiger partial charge in [-0.15, -0.1) is 16.7 Å². The Balaban J connectivity index is 2.19. The Bertz CT molecular complexity index is 562. The number of phenols is 1. The van der Waals surface area contributed by atoms with Crippen LogP contribution in [0.5, 0.6) is 5.75 Å². The van der Waals surface area contributed by atoms with Gasteiger partial charge in [-0.25, -0.2) is 0 Å². The highest BCUT2D eigenvalue weighted by Gasteiger charge is 2.22. The van der Waals surface area contributed by atoms with Gasteiger partial charge in [0.2, 0.25) is 0 Å². The molecule has 2 aromatic rings. The lowest BCUT2D eigenvalue weighted by molar-refractivity contribution is 0.475. The molecule has 0 saturated heterocycles. The minimum absolute atomic E-state index is 0.121. The van der Waals surface area contributed by atoms with Crippen LogP contribution >= 0.6 is 11.8 Å². The van der Waals surface area contributed by atoms with Gasteiger partial charge in [-0.3, -0.25) is 0 Å². The van der Waals surface area contributed by atoms with Crippen LogP contribution in [0.2, 0.25) is 0 Å². The topological polar surface area (TPSA) is 49.7 Å². The van der Waals surface area contributed by atoms with Crippen molar-refractivity contribution in [3.05, 3.63) is 59.0 Å². The molecule has 0 spiro atoms. The minimum atomic E-state index is -0.121. The zero-order valence-corrected chi connectivity index (χ0v) is 11.6. The summed E-state index contributed by atoms with van der Waals surface area (Å²) >= 11 is 1.70. The van der Waals surface area contributed by atoms with Crippen molar-refractivity contribution in [2.45, 2.75) is 23.5 Å². The van der Waals surface area contributed by atoms with Gasteiger partial charge in [0.05, 0.1) is 0 Å². The van der Waals surface area contributed by atoms with Gasteiger partial charge in [0.15, 0.2) is 0 Å². The predicted molar refractivity (Wildman–Crippen MR) is 78.9 cm³/mol. The number of nitroso groups, excluding NO2 is 1. The number of nitrogens with zero attached hydrogens (tertiary/aromatic N) is 1. The van der Waals surface area contributed by atoms with Gasteiger partial charge in [-0.2, -0.15) is 0 Å². The Morgan fingerprint density at radius 1 is 1.00 bits per heavy atom. The van der Waals surface area contributed by atoms with E-state index in [1.54, 1.807) is 36.0 Å². The molecule has 0 fully saturated rings.